The Morgan fingerprint density at radius 2 is 1.71 bits per heavy atom. The molecular weight excluding hydrogens is 543 g/mol. The van der Waals surface area contributed by atoms with Crippen LogP contribution in [0.2, 0.25) is 5.02 Å². The van der Waals surface area contributed by atoms with Crippen LogP contribution in [-0.4, -0.2) is 28.9 Å². The van der Waals surface area contributed by atoms with Gasteiger partial charge in [0.05, 0.1) is 35.0 Å². The van der Waals surface area contributed by atoms with Crippen molar-refractivity contribution in [1.29, 1.82) is 0 Å². The summed E-state index contributed by atoms with van der Waals surface area (Å²) >= 11 is 7.72. The Bertz CT molecular complexity index is 1820. The maximum absolute atomic E-state index is 14.6. The van der Waals surface area contributed by atoms with Gasteiger partial charge in [-0.25, -0.2) is 32.3 Å². The Kier molecular flexibility index (Phi) is 6.57. The summed E-state index contributed by atoms with van der Waals surface area (Å²) in [5.41, 5.74) is -0.405. The number of aryl methyl sites for hydroxylation is 3. The molecule has 0 saturated heterocycles. The third-order valence-corrected chi connectivity index (χ3v) is 7.26. The van der Waals surface area contributed by atoms with Gasteiger partial charge in [0.2, 0.25) is 5.95 Å². The van der Waals surface area contributed by atoms with Gasteiger partial charge in [-0.15, -0.1) is 11.3 Å². The van der Waals surface area contributed by atoms with Gasteiger partial charge in [0.1, 0.15) is 10.8 Å². The van der Waals surface area contributed by atoms with Crippen molar-refractivity contribution in [3.05, 3.63) is 95.0 Å². The van der Waals surface area contributed by atoms with Gasteiger partial charge in [0, 0.05) is 35.1 Å². The summed E-state index contributed by atoms with van der Waals surface area (Å²) in [5.74, 6) is -3.99. The summed E-state index contributed by atoms with van der Waals surface area (Å²) in [5, 5.41) is 8.56. The highest BCUT2D eigenvalue weighted by Gasteiger charge is 2.19. The second-order valence-electron chi connectivity index (χ2n) is 8.60. The maximum atomic E-state index is 14.6. The lowest BCUT2D eigenvalue weighted by atomic mass is 10.2. The minimum Gasteiger partial charge on any atom is -0.324 e. The molecule has 5 rings (SSSR count). The number of rotatable bonds is 6. The molecule has 196 valence electrons. The summed E-state index contributed by atoms with van der Waals surface area (Å²) in [6.07, 6.45) is 1.74. The van der Waals surface area contributed by atoms with Crippen molar-refractivity contribution >= 4 is 45.5 Å². The highest BCUT2D eigenvalue weighted by molar-refractivity contribution is 7.11. The van der Waals surface area contributed by atoms with E-state index >= 15 is 0 Å². The van der Waals surface area contributed by atoms with Crippen LogP contribution in [0.5, 0.6) is 0 Å². The monoisotopic (exact) mass is 561 g/mol. The molecule has 0 radical (unpaired) electrons. The first-order valence-electron chi connectivity index (χ1n) is 11.2. The van der Waals surface area contributed by atoms with E-state index in [1.165, 1.54) is 11.3 Å². The molecule has 1 N–H and O–H groups in total. The Balaban J connectivity index is 1.65. The molecule has 0 amide bonds. The Labute approximate surface area is 221 Å². The van der Waals surface area contributed by atoms with E-state index in [2.05, 4.69) is 20.4 Å². The number of fused-ring (bicyclic) bond motifs is 1. The van der Waals surface area contributed by atoms with Crippen molar-refractivity contribution in [2.45, 2.75) is 26.9 Å². The van der Waals surface area contributed by atoms with Crippen LogP contribution in [0, 0.1) is 31.3 Å². The zero-order valence-corrected chi connectivity index (χ0v) is 21.8. The van der Waals surface area contributed by atoms with E-state index in [0.29, 0.717) is 33.7 Å². The summed E-state index contributed by atoms with van der Waals surface area (Å²) in [6, 6.07) is 4.27. The SMILES string of the molecule is Cc1nc(Cn2c(=O)nc(Nc3cc4cn(C)nc4cc3Cl)n(Cc3cc(F)c(F)cc3F)c2=O)sc1C. The van der Waals surface area contributed by atoms with E-state index in [-0.39, 0.29) is 23.1 Å². The first-order valence-corrected chi connectivity index (χ1v) is 12.4. The first kappa shape index (κ1) is 25.7. The van der Waals surface area contributed by atoms with Crippen LogP contribution in [0.25, 0.3) is 10.9 Å². The van der Waals surface area contributed by atoms with Crippen molar-refractivity contribution in [3.8, 4) is 0 Å². The quantitative estimate of drug-likeness (QED) is 0.311. The molecule has 3 aromatic heterocycles. The predicted octanol–water partition coefficient (Wildman–Crippen LogP) is 4.28. The summed E-state index contributed by atoms with van der Waals surface area (Å²) in [7, 11) is 1.74. The lowest BCUT2D eigenvalue weighted by Gasteiger charge is -2.16. The van der Waals surface area contributed by atoms with Gasteiger partial charge in [-0.05, 0) is 32.0 Å². The van der Waals surface area contributed by atoms with Gasteiger partial charge in [-0.2, -0.15) is 10.1 Å². The number of hydrogen-bond donors (Lipinski definition) is 1. The smallest absolute Gasteiger partial charge is 0.324 e. The zero-order valence-electron chi connectivity index (χ0n) is 20.2. The molecule has 5 aromatic rings. The van der Waals surface area contributed by atoms with Crippen LogP contribution in [0.15, 0.2) is 40.1 Å². The summed E-state index contributed by atoms with van der Waals surface area (Å²) < 4.78 is 45.4. The molecular formula is C24H19ClF3N7O2S. The molecule has 38 heavy (non-hydrogen) atoms. The molecule has 0 aliphatic heterocycles. The van der Waals surface area contributed by atoms with Crippen LogP contribution in [0.1, 0.15) is 21.1 Å². The van der Waals surface area contributed by atoms with Crippen molar-refractivity contribution in [2.75, 3.05) is 5.32 Å². The third kappa shape index (κ3) is 4.82. The standard InChI is InChI=1S/C24H19ClF3N7O2S/c1-11-12(2)38-21(29-11)10-35-23(36)31-22(30-20-5-14-8-33(3)32-19(14)6-15(20)25)34(24(35)37)9-13-4-17(27)18(28)7-16(13)26/h4-8H,9-10H2,1-3H3,(H,30,31,36). The Hall–Kier alpha value is -3.97. The molecule has 0 saturated carbocycles. The normalized spacial score (nSPS) is 11.4. The predicted molar refractivity (Wildman–Crippen MR) is 138 cm³/mol. The lowest BCUT2D eigenvalue weighted by Crippen LogP contribution is -2.43. The number of nitrogens with zero attached hydrogens (tertiary/aromatic N) is 6. The van der Waals surface area contributed by atoms with Gasteiger partial charge < -0.3 is 5.32 Å². The van der Waals surface area contributed by atoms with Gasteiger partial charge in [-0.3, -0.25) is 9.25 Å². The number of aromatic nitrogens is 6. The van der Waals surface area contributed by atoms with E-state index in [4.69, 9.17) is 11.6 Å². The van der Waals surface area contributed by atoms with Crippen molar-refractivity contribution in [1.82, 2.24) is 28.9 Å². The average molecular weight is 562 g/mol. The molecule has 0 spiro atoms. The van der Waals surface area contributed by atoms with E-state index in [0.717, 1.165) is 19.7 Å². The van der Waals surface area contributed by atoms with Crippen LogP contribution >= 0.6 is 22.9 Å². The third-order valence-electron chi connectivity index (χ3n) is 5.89. The number of hydrogen-bond acceptors (Lipinski definition) is 7. The molecule has 0 aliphatic rings. The van der Waals surface area contributed by atoms with Gasteiger partial charge >= 0.3 is 11.4 Å². The lowest BCUT2D eigenvalue weighted by molar-refractivity contribution is 0.485. The summed E-state index contributed by atoms with van der Waals surface area (Å²) in [6.45, 7) is 2.93. The molecule has 3 heterocycles. The summed E-state index contributed by atoms with van der Waals surface area (Å²) in [4.78, 5) is 35.8. The highest BCUT2D eigenvalue weighted by atomic mass is 35.5. The molecule has 9 nitrogen and oxygen atoms in total. The molecule has 0 fully saturated rings. The van der Waals surface area contributed by atoms with Crippen LogP contribution in [0.4, 0.5) is 24.8 Å². The number of halogens is 4. The largest absolute Gasteiger partial charge is 0.355 e. The second-order valence-corrected chi connectivity index (χ2v) is 10.3. The van der Waals surface area contributed by atoms with Gasteiger partial charge in [0.15, 0.2) is 11.6 Å². The highest BCUT2D eigenvalue weighted by Crippen LogP contribution is 2.29. The topological polar surface area (TPSA) is 99.6 Å². The minimum absolute atomic E-state index is 0.174. The van der Waals surface area contributed by atoms with E-state index in [1.54, 1.807) is 37.0 Å². The van der Waals surface area contributed by atoms with Gasteiger partial charge in [-0.1, -0.05) is 11.6 Å². The minimum atomic E-state index is -1.37. The fraction of sp³-hybridized carbons (Fsp3) is 0.208. The number of benzene rings is 2. The van der Waals surface area contributed by atoms with E-state index in [1.807, 2.05) is 6.92 Å². The average Bonchev–Trinajstić information content (AvgIpc) is 3.36. The van der Waals surface area contributed by atoms with E-state index in [9.17, 15) is 22.8 Å². The number of nitrogens with one attached hydrogen (secondary N) is 1. The molecule has 14 heteroatoms. The van der Waals surface area contributed by atoms with Crippen molar-refractivity contribution in [2.24, 2.45) is 7.05 Å². The van der Waals surface area contributed by atoms with Crippen LogP contribution in [-0.2, 0) is 20.1 Å². The van der Waals surface area contributed by atoms with Crippen molar-refractivity contribution < 1.29 is 13.2 Å². The molecule has 0 aliphatic carbocycles. The zero-order chi connectivity index (χ0) is 27.3. The van der Waals surface area contributed by atoms with Gasteiger partial charge in [0.25, 0.3) is 0 Å². The van der Waals surface area contributed by atoms with Crippen LogP contribution < -0.4 is 16.7 Å². The number of anilines is 2. The number of thiazole rings is 1. The first-order chi connectivity index (χ1) is 18.0. The van der Waals surface area contributed by atoms with Crippen molar-refractivity contribution in [3.63, 3.8) is 0 Å². The molecule has 0 unspecified atom stereocenters. The maximum Gasteiger partial charge on any atom is 0.355 e. The molecule has 0 bridgehead atoms. The second kappa shape index (κ2) is 9.72. The fourth-order valence-electron chi connectivity index (χ4n) is 3.89. The Morgan fingerprint density at radius 1 is 0.974 bits per heavy atom. The van der Waals surface area contributed by atoms with Crippen LogP contribution in [0.3, 0.4) is 0 Å². The molecule has 2 aromatic carbocycles. The molecule has 0 atom stereocenters. The Morgan fingerprint density at radius 3 is 2.42 bits per heavy atom. The fourth-order valence-corrected chi connectivity index (χ4v) is 5.01. The van der Waals surface area contributed by atoms with E-state index < -0.39 is 35.4 Å².